The highest BCUT2D eigenvalue weighted by atomic mass is 19.1. The Bertz CT molecular complexity index is 749. The van der Waals surface area contributed by atoms with Gasteiger partial charge in [0.15, 0.2) is 6.10 Å². The van der Waals surface area contributed by atoms with Crippen LogP contribution in [0.5, 0.6) is 0 Å². The smallest absolute Gasteiger partial charge is 0.251 e. The fraction of sp³-hybridized carbons (Fsp3) is 0.263. The molecular formula is C19H19FN2O3. The Morgan fingerprint density at radius 1 is 1.20 bits per heavy atom. The number of hydrogen-bond donors (Lipinski definition) is 1. The Hall–Kier alpha value is -2.73. The summed E-state index contributed by atoms with van der Waals surface area (Å²) in [6.07, 6.45) is -0.850. The summed E-state index contributed by atoms with van der Waals surface area (Å²) in [6, 6.07) is 14.7. The van der Waals surface area contributed by atoms with Crippen molar-refractivity contribution in [2.75, 3.05) is 13.7 Å². The molecule has 1 N–H and O–H groups in total. The maximum Gasteiger partial charge on any atom is 0.251 e. The van der Waals surface area contributed by atoms with Gasteiger partial charge in [0, 0.05) is 13.6 Å². The van der Waals surface area contributed by atoms with Crippen molar-refractivity contribution in [2.24, 2.45) is 0 Å². The van der Waals surface area contributed by atoms with E-state index in [0.29, 0.717) is 12.1 Å². The molecule has 3 rings (SSSR count). The van der Waals surface area contributed by atoms with Crippen LogP contribution < -0.4 is 5.32 Å². The quantitative estimate of drug-likeness (QED) is 0.925. The SMILES string of the molecule is CN1C(=O)CO[C@H](C(=O)NCc2ccccc2)[C@@H]1c1ccc(F)cc1. The monoisotopic (exact) mass is 342 g/mol. The molecule has 0 radical (unpaired) electrons. The van der Waals surface area contributed by atoms with Gasteiger partial charge in [0.05, 0.1) is 6.04 Å². The highest BCUT2D eigenvalue weighted by molar-refractivity contribution is 5.86. The molecule has 1 heterocycles. The predicted molar refractivity (Wildman–Crippen MR) is 89.9 cm³/mol. The zero-order valence-corrected chi connectivity index (χ0v) is 13.8. The number of carbonyl (C=O) groups is 2. The van der Waals surface area contributed by atoms with E-state index in [1.807, 2.05) is 30.3 Å². The number of ether oxygens (including phenoxy) is 1. The second kappa shape index (κ2) is 7.44. The summed E-state index contributed by atoms with van der Waals surface area (Å²) in [5.74, 6) is -0.904. The lowest BCUT2D eigenvalue weighted by Gasteiger charge is -2.38. The minimum Gasteiger partial charge on any atom is -0.356 e. The Morgan fingerprint density at radius 3 is 2.56 bits per heavy atom. The van der Waals surface area contributed by atoms with Gasteiger partial charge in [-0.15, -0.1) is 0 Å². The molecule has 0 aliphatic carbocycles. The summed E-state index contributed by atoms with van der Waals surface area (Å²) >= 11 is 0. The molecule has 2 amide bonds. The minimum atomic E-state index is -0.850. The van der Waals surface area contributed by atoms with Crippen molar-refractivity contribution < 1.29 is 18.7 Å². The first-order valence-electron chi connectivity index (χ1n) is 8.00. The molecule has 0 unspecified atom stereocenters. The third-order valence-electron chi connectivity index (χ3n) is 4.26. The molecule has 1 fully saturated rings. The van der Waals surface area contributed by atoms with E-state index in [1.54, 1.807) is 19.2 Å². The lowest BCUT2D eigenvalue weighted by atomic mass is 9.97. The number of amides is 2. The van der Waals surface area contributed by atoms with E-state index in [9.17, 15) is 14.0 Å². The van der Waals surface area contributed by atoms with Gasteiger partial charge in [0.1, 0.15) is 12.4 Å². The van der Waals surface area contributed by atoms with Gasteiger partial charge in [0.2, 0.25) is 5.91 Å². The van der Waals surface area contributed by atoms with Gasteiger partial charge < -0.3 is 15.0 Å². The molecule has 2 aromatic rings. The van der Waals surface area contributed by atoms with Crippen LogP contribution in [0.4, 0.5) is 4.39 Å². The first-order valence-corrected chi connectivity index (χ1v) is 8.00. The van der Waals surface area contributed by atoms with Gasteiger partial charge in [-0.3, -0.25) is 9.59 Å². The van der Waals surface area contributed by atoms with Crippen LogP contribution in [0.1, 0.15) is 17.2 Å². The largest absolute Gasteiger partial charge is 0.356 e. The summed E-state index contributed by atoms with van der Waals surface area (Å²) in [7, 11) is 1.62. The molecule has 2 atom stereocenters. The third kappa shape index (κ3) is 3.85. The van der Waals surface area contributed by atoms with E-state index in [0.717, 1.165) is 5.56 Å². The second-order valence-corrected chi connectivity index (χ2v) is 5.94. The molecule has 2 aromatic carbocycles. The van der Waals surface area contributed by atoms with Crippen molar-refractivity contribution in [1.82, 2.24) is 10.2 Å². The van der Waals surface area contributed by atoms with Crippen LogP contribution in [-0.4, -0.2) is 36.5 Å². The molecular weight excluding hydrogens is 323 g/mol. The molecule has 1 aliphatic heterocycles. The summed E-state index contributed by atoms with van der Waals surface area (Å²) in [4.78, 5) is 26.1. The van der Waals surface area contributed by atoms with Crippen LogP contribution in [0.2, 0.25) is 0 Å². The number of carbonyl (C=O) groups excluding carboxylic acids is 2. The molecule has 0 bridgehead atoms. The van der Waals surface area contributed by atoms with Crippen molar-refractivity contribution >= 4 is 11.8 Å². The average Bonchev–Trinajstić information content (AvgIpc) is 2.63. The lowest BCUT2D eigenvalue weighted by Crippen LogP contribution is -2.52. The van der Waals surface area contributed by atoms with E-state index < -0.39 is 12.1 Å². The first kappa shape index (κ1) is 17.1. The normalized spacial score (nSPS) is 20.4. The third-order valence-corrected chi connectivity index (χ3v) is 4.26. The number of benzene rings is 2. The molecule has 25 heavy (non-hydrogen) atoms. The maximum absolute atomic E-state index is 13.2. The minimum absolute atomic E-state index is 0.155. The van der Waals surface area contributed by atoms with Gasteiger partial charge in [-0.2, -0.15) is 0 Å². The molecule has 1 aliphatic rings. The molecule has 0 aromatic heterocycles. The average molecular weight is 342 g/mol. The van der Waals surface area contributed by atoms with Crippen LogP contribution >= 0.6 is 0 Å². The molecule has 130 valence electrons. The lowest BCUT2D eigenvalue weighted by molar-refractivity contribution is -0.162. The van der Waals surface area contributed by atoms with Crippen LogP contribution in [0, 0.1) is 5.82 Å². The maximum atomic E-state index is 13.2. The van der Waals surface area contributed by atoms with Gasteiger partial charge in [0.25, 0.3) is 5.91 Å². The highest BCUT2D eigenvalue weighted by Crippen LogP contribution is 2.29. The van der Waals surface area contributed by atoms with E-state index in [2.05, 4.69) is 5.32 Å². The summed E-state index contributed by atoms with van der Waals surface area (Å²) in [5.41, 5.74) is 1.62. The molecule has 6 heteroatoms. The Labute approximate surface area is 145 Å². The number of halogens is 1. The fourth-order valence-corrected chi connectivity index (χ4v) is 2.88. The van der Waals surface area contributed by atoms with Crippen LogP contribution in [0.25, 0.3) is 0 Å². The molecule has 1 saturated heterocycles. The Kier molecular flexibility index (Phi) is 5.09. The molecule has 5 nitrogen and oxygen atoms in total. The van der Waals surface area contributed by atoms with Gasteiger partial charge in [-0.05, 0) is 23.3 Å². The number of likely N-dealkylation sites (N-methyl/N-ethyl adjacent to an activating group) is 1. The van der Waals surface area contributed by atoms with E-state index in [4.69, 9.17) is 4.74 Å². The number of hydrogen-bond acceptors (Lipinski definition) is 3. The van der Waals surface area contributed by atoms with Crippen molar-refractivity contribution in [3.63, 3.8) is 0 Å². The predicted octanol–water partition coefficient (Wildman–Crippen LogP) is 2.04. The van der Waals surface area contributed by atoms with Gasteiger partial charge in [-0.25, -0.2) is 4.39 Å². The van der Waals surface area contributed by atoms with Gasteiger partial charge >= 0.3 is 0 Å². The van der Waals surface area contributed by atoms with Crippen LogP contribution in [0.3, 0.4) is 0 Å². The van der Waals surface area contributed by atoms with Crippen molar-refractivity contribution in [2.45, 2.75) is 18.7 Å². The molecule has 0 spiro atoms. The Balaban J connectivity index is 1.78. The van der Waals surface area contributed by atoms with Crippen molar-refractivity contribution in [3.05, 3.63) is 71.5 Å². The number of nitrogens with one attached hydrogen (secondary N) is 1. The highest BCUT2D eigenvalue weighted by Gasteiger charge is 2.39. The van der Waals surface area contributed by atoms with Crippen molar-refractivity contribution in [3.8, 4) is 0 Å². The van der Waals surface area contributed by atoms with E-state index >= 15 is 0 Å². The Morgan fingerprint density at radius 2 is 1.88 bits per heavy atom. The second-order valence-electron chi connectivity index (χ2n) is 5.94. The van der Waals surface area contributed by atoms with Crippen molar-refractivity contribution in [1.29, 1.82) is 0 Å². The number of morpholine rings is 1. The zero-order chi connectivity index (χ0) is 17.8. The molecule has 0 saturated carbocycles. The summed E-state index contributed by atoms with van der Waals surface area (Å²) in [6.45, 7) is 0.213. The van der Waals surface area contributed by atoms with Gasteiger partial charge in [-0.1, -0.05) is 42.5 Å². The van der Waals surface area contributed by atoms with Crippen LogP contribution in [-0.2, 0) is 20.9 Å². The summed E-state index contributed by atoms with van der Waals surface area (Å²) < 4.78 is 18.7. The first-order chi connectivity index (χ1) is 12.1. The fourth-order valence-electron chi connectivity index (χ4n) is 2.88. The standard InChI is InChI=1S/C19H19FN2O3/c1-22-16(23)12-25-18(17(22)14-7-9-15(20)10-8-14)19(24)21-11-13-5-3-2-4-6-13/h2-10,17-18H,11-12H2,1H3,(H,21,24)/t17-,18-/m0/s1. The van der Waals surface area contributed by atoms with E-state index in [-0.39, 0.29) is 24.2 Å². The van der Waals surface area contributed by atoms with Crippen LogP contribution in [0.15, 0.2) is 54.6 Å². The number of rotatable bonds is 4. The van der Waals surface area contributed by atoms with E-state index in [1.165, 1.54) is 17.0 Å². The zero-order valence-electron chi connectivity index (χ0n) is 13.8. The number of nitrogens with zero attached hydrogens (tertiary/aromatic N) is 1. The summed E-state index contributed by atoms with van der Waals surface area (Å²) in [5, 5.41) is 2.84. The topological polar surface area (TPSA) is 58.6 Å².